The number of carbonyl (C=O) groups is 1. The van der Waals surface area contributed by atoms with Crippen LogP contribution in [0.5, 0.6) is 0 Å². The molecule has 0 bridgehead atoms. The number of rotatable bonds is 5. The Hall–Kier alpha value is -3.52. The van der Waals surface area contributed by atoms with E-state index in [-0.39, 0.29) is 17.0 Å². The number of fused-ring (bicyclic) bond motifs is 1. The zero-order chi connectivity index (χ0) is 21.4. The summed E-state index contributed by atoms with van der Waals surface area (Å²) in [5.41, 5.74) is 3.07. The van der Waals surface area contributed by atoms with Crippen LogP contribution in [0.15, 0.2) is 59.7 Å². The van der Waals surface area contributed by atoms with E-state index in [4.69, 9.17) is 11.6 Å². The Morgan fingerprint density at radius 2 is 1.81 bits per heavy atom. The average Bonchev–Trinajstić information content (AvgIpc) is 3.39. The smallest absolute Gasteiger partial charge is 0.283 e. The number of carbonyl (C=O) groups excluding carboxylic acids is 1. The summed E-state index contributed by atoms with van der Waals surface area (Å²) in [4.78, 5) is 31.0. The molecular formula is C22H19ClN6O2. The lowest BCUT2D eigenvalue weighted by molar-refractivity contribution is -0.117. The molecule has 2 aromatic carbocycles. The van der Waals surface area contributed by atoms with Crippen molar-refractivity contribution in [3.8, 4) is 0 Å². The maximum absolute atomic E-state index is 12.9. The lowest BCUT2D eigenvalue weighted by Crippen LogP contribution is -2.24. The summed E-state index contributed by atoms with van der Waals surface area (Å²) in [7, 11) is 0. The number of nitrogens with zero attached hydrogens (tertiary/aromatic N) is 6. The van der Waals surface area contributed by atoms with E-state index in [1.54, 1.807) is 15.6 Å². The van der Waals surface area contributed by atoms with Crippen molar-refractivity contribution in [3.63, 3.8) is 0 Å². The molecule has 0 unspecified atom stereocenters. The van der Waals surface area contributed by atoms with E-state index >= 15 is 0 Å². The minimum atomic E-state index is -0.255. The molecule has 1 saturated heterocycles. The van der Waals surface area contributed by atoms with Crippen molar-refractivity contribution in [1.82, 2.24) is 24.5 Å². The molecule has 4 aromatic rings. The fourth-order valence-electron chi connectivity index (χ4n) is 3.79. The van der Waals surface area contributed by atoms with Gasteiger partial charge in [-0.1, -0.05) is 47.1 Å². The number of halogens is 1. The second kappa shape index (κ2) is 7.96. The number of aromatic nitrogens is 5. The Morgan fingerprint density at radius 3 is 2.55 bits per heavy atom. The molecule has 5 rings (SSSR count). The molecule has 1 aliphatic heterocycles. The summed E-state index contributed by atoms with van der Waals surface area (Å²) >= 11 is 6.23. The highest BCUT2D eigenvalue weighted by molar-refractivity contribution is 6.31. The van der Waals surface area contributed by atoms with Crippen LogP contribution >= 0.6 is 11.6 Å². The summed E-state index contributed by atoms with van der Waals surface area (Å²) in [6.45, 7) is 1.48. The first-order chi connectivity index (χ1) is 15.1. The normalized spacial score (nSPS) is 14.0. The van der Waals surface area contributed by atoms with Crippen LogP contribution < -0.4 is 10.5 Å². The van der Waals surface area contributed by atoms with Gasteiger partial charge in [-0.25, -0.2) is 9.67 Å². The molecular weight excluding hydrogens is 416 g/mol. The van der Waals surface area contributed by atoms with Crippen LogP contribution in [0.4, 0.5) is 5.69 Å². The van der Waals surface area contributed by atoms with Gasteiger partial charge in [-0.05, 0) is 35.7 Å². The van der Waals surface area contributed by atoms with Gasteiger partial charge >= 0.3 is 0 Å². The average molecular weight is 435 g/mol. The SMILES string of the molecule is O=C1CCCN1c1ccc(Cn2cnc3c(nnn3Cc3ccccc3Cl)c2=O)cc1. The molecule has 8 nitrogen and oxygen atoms in total. The first kappa shape index (κ1) is 19.4. The van der Waals surface area contributed by atoms with Gasteiger partial charge < -0.3 is 4.90 Å². The van der Waals surface area contributed by atoms with Crippen molar-refractivity contribution in [1.29, 1.82) is 0 Å². The van der Waals surface area contributed by atoms with E-state index in [0.717, 1.165) is 29.8 Å². The summed E-state index contributed by atoms with van der Waals surface area (Å²) < 4.78 is 3.08. The molecule has 1 aliphatic rings. The third-order valence-corrected chi connectivity index (χ3v) is 5.81. The minimum Gasteiger partial charge on any atom is -0.312 e. The first-order valence-electron chi connectivity index (χ1n) is 10.0. The second-order valence-electron chi connectivity index (χ2n) is 7.50. The maximum Gasteiger partial charge on any atom is 0.283 e. The van der Waals surface area contributed by atoms with E-state index < -0.39 is 0 Å². The van der Waals surface area contributed by atoms with Gasteiger partial charge in [0.05, 0.1) is 13.1 Å². The molecule has 9 heteroatoms. The molecule has 31 heavy (non-hydrogen) atoms. The molecule has 1 amide bonds. The third-order valence-electron chi connectivity index (χ3n) is 5.44. The standard InChI is InChI=1S/C22H19ClN6O2/c23-18-5-2-1-4-16(18)13-29-21-20(25-26-29)22(31)27(14-24-21)12-15-7-9-17(10-8-15)28-11-3-6-19(28)30/h1-2,4-5,7-10,14H,3,6,11-13H2. The minimum absolute atomic E-state index is 0.151. The predicted octanol–water partition coefficient (Wildman–Crippen LogP) is 2.86. The molecule has 0 spiro atoms. The predicted molar refractivity (Wildman–Crippen MR) is 117 cm³/mol. The fraction of sp³-hybridized carbons (Fsp3) is 0.227. The molecule has 2 aromatic heterocycles. The van der Waals surface area contributed by atoms with Crippen molar-refractivity contribution in [2.75, 3.05) is 11.4 Å². The molecule has 0 atom stereocenters. The Balaban J connectivity index is 1.39. The molecule has 156 valence electrons. The quantitative estimate of drug-likeness (QED) is 0.482. The first-order valence-corrected chi connectivity index (χ1v) is 10.4. The number of amides is 1. The maximum atomic E-state index is 12.9. The molecule has 3 heterocycles. The van der Waals surface area contributed by atoms with Gasteiger partial charge in [-0.15, -0.1) is 5.10 Å². The monoisotopic (exact) mass is 434 g/mol. The topological polar surface area (TPSA) is 85.9 Å². The van der Waals surface area contributed by atoms with Crippen LogP contribution in [0.3, 0.4) is 0 Å². The number of anilines is 1. The summed E-state index contributed by atoms with van der Waals surface area (Å²) in [6, 6.07) is 15.1. The summed E-state index contributed by atoms with van der Waals surface area (Å²) in [6.07, 6.45) is 2.99. The highest BCUT2D eigenvalue weighted by Crippen LogP contribution is 2.22. The van der Waals surface area contributed by atoms with Gasteiger partial charge in [0.25, 0.3) is 5.56 Å². The van der Waals surface area contributed by atoms with Crippen molar-refractivity contribution >= 4 is 34.4 Å². The van der Waals surface area contributed by atoms with Crippen LogP contribution in [0.2, 0.25) is 5.02 Å². The molecule has 0 aliphatic carbocycles. The van der Waals surface area contributed by atoms with Gasteiger partial charge in [-0.2, -0.15) is 0 Å². The molecule has 0 radical (unpaired) electrons. The zero-order valence-electron chi connectivity index (χ0n) is 16.6. The van der Waals surface area contributed by atoms with Crippen molar-refractivity contribution in [3.05, 3.63) is 81.4 Å². The lowest BCUT2D eigenvalue weighted by Gasteiger charge is -2.16. The van der Waals surface area contributed by atoms with Crippen LogP contribution in [-0.2, 0) is 17.9 Å². The van der Waals surface area contributed by atoms with Gasteiger partial charge in [-0.3, -0.25) is 14.2 Å². The second-order valence-corrected chi connectivity index (χ2v) is 7.91. The Labute approximate surface area is 182 Å². The Morgan fingerprint density at radius 1 is 1.00 bits per heavy atom. The summed E-state index contributed by atoms with van der Waals surface area (Å²) in [5.74, 6) is 0.151. The van der Waals surface area contributed by atoms with Gasteiger partial charge in [0.15, 0.2) is 11.2 Å². The highest BCUT2D eigenvalue weighted by atomic mass is 35.5. The number of hydrogen-bond donors (Lipinski definition) is 0. The fourth-order valence-corrected chi connectivity index (χ4v) is 3.99. The van der Waals surface area contributed by atoms with E-state index in [1.165, 1.54) is 10.9 Å². The molecule has 1 fully saturated rings. The largest absolute Gasteiger partial charge is 0.312 e. The highest BCUT2D eigenvalue weighted by Gasteiger charge is 2.21. The van der Waals surface area contributed by atoms with E-state index in [2.05, 4.69) is 15.3 Å². The number of benzene rings is 2. The van der Waals surface area contributed by atoms with Crippen molar-refractivity contribution < 1.29 is 4.79 Å². The molecule has 0 saturated carbocycles. The number of hydrogen-bond acceptors (Lipinski definition) is 5. The lowest BCUT2D eigenvalue weighted by atomic mass is 10.2. The van der Waals surface area contributed by atoms with Gasteiger partial charge in [0.2, 0.25) is 5.91 Å². The van der Waals surface area contributed by atoms with E-state index in [9.17, 15) is 9.59 Å². The van der Waals surface area contributed by atoms with Gasteiger partial charge in [0.1, 0.15) is 6.33 Å². The van der Waals surface area contributed by atoms with E-state index in [1.807, 2.05) is 42.5 Å². The van der Waals surface area contributed by atoms with E-state index in [0.29, 0.717) is 30.2 Å². The third kappa shape index (κ3) is 3.70. The Kier molecular flexibility index (Phi) is 4.99. The molecule has 0 N–H and O–H groups in total. The van der Waals surface area contributed by atoms with Crippen molar-refractivity contribution in [2.24, 2.45) is 0 Å². The van der Waals surface area contributed by atoms with Crippen LogP contribution in [0.1, 0.15) is 24.0 Å². The zero-order valence-corrected chi connectivity index (χ0v) is 17.4. The Bertz CT molecular complexity index is 1330. The summed E-state index contributed by atoms with van der Waals surface area (Å²) in [5, 5.41) is 8.77. The van der Waals surface area contributed by atoms with Crippen LogP contribution in [0, 0.1) is 0 Å². The van der Waals surface area contributed by atoms with Crippen LogP contribution in [0.25, 0.3) is 11.2 Å². The van der Waals surface area contributed by atoms with Crippen LogP contribution in [-0.4, -0.2) is 37.0 Å². The van der Waals surface area contributed by atoms with Gasteiger partial charge in [0, 0.05) is 23.7 Å². The van der Waals surface area contributed by atoms with Crippen molar-refractivity contribution in [2.45, 2.75) is 25.9 Å².